The molecule has 1 aliphatic heterocycles. The Bertz CT molecular complexity index is 755. The van der Waals surface area contributed by atoms with Crippen LogP contribution < -0.4 is 0 Å². The number of pyridine rings is 1. The van der Waals surface area contributed by atoms with Gasteiger partial charge in [0.15, 0.2) is 0 Å². The molecule has 1 aromatic heterocycles. The predicted molar refractivity (Wildman–Crippen MR) is 94.1 cm³/mol. The normalized spacial score (nSPS) is 17.6. The van der Waals surface area contributed by atoms with E-state index in [4.69, 9.17) is 16.3 Å². The van der Waals surface area contributed by atoms with Crippen LogP contribution in [0, 0.1) is 12.7 Å². The quantitative estimate of drug-likeness (QED) is 0.825. The number of piperidine rings is 1. The second kappa shape index (κ2) is 7.93. The lowest BCUT2D eigenvalue weighted by atomic mass is 10.0. The van der Waals surface area contributed by atoms with Gasteiger partial charge >= 0.3 is 0 Å². The lowest BCUT2D eigenvalue weighted by Crippen LogP contribution is -2.43. The van der Waals surface area contributed by atoms with Gasteiger partial charge in [0.05, 0.1) is 23.3 Å². The topological polar surface area (TPSA) is 42.4 Å². The van der Waals surface area contributed by atoms with E-state index in [0.717, 1.165) is 18.4 Å². The average Bonchev–Trinajstić information content (AvgIpc) is 2.64. The summed E-state index contributed by atoms with van der Waals surface area (Å²) < 4.78 is 20.0. The molecule has 0 radical (unpaired) electrons. The monoisotopic (exact) mass is 362 g/mol. The first-order valence-corrected chi connectivity index (χ1v) is 8.68. The van der Waals surface area contributed by atoms with Gasteiger partial charge in [0.1, 0.15) is 5.82 Å². The van der Waals surface area contributed by atoms with E-state index in [1.807, 2.05) is 12.1 Å². The number of carbonyl (C=O) groups is 1. The Morgan fingerprint density at radius 2 is 2.28 bits per heavy atom. The van der Waals surface area contributed by atoms with Crippen LogP contribution in [0.5, 0.6) is 0 Å². The third-order valence-corrected chi connectivity index (χ3v) is 4.86. The zero-order valence-electron chi connectivity index (χ0n) is 14.0. The van der Waals surface area contributed by atoms with Crippen LogP contribution in [0.3, 0.4) is 0 Å². The molecule has 1 saturated heterocycles. The summed E-state index contributed by atoms with van der Waals surface area (Å²) in [4.78, 5) is 18.4. The standard InChI is InChI=1S/C19H20ClFN2O2/c1-13-6-7-16(21)17(18(13)20)19(24)23-9-3-5-15(11-23)25-12-14-4-2-8-22-10-14/h2,4,6-8,10,15H,3,5,9,11-12H2,1H3. The van der Waals surface area contributed by atoms with Crippen molar-refractivity contribution in [3.05, 3.63) is 64.2 Å². The predicted octanol–water partition coefficient (Wildman–Crippen LogP) is 4.00. The van der Waals surface area contributed by atoms with Gasteiger partial charge in [0.2, 0.25) is 0 Å². The summed E-state index contributed by atoms with van der Waals surface area (Å²) in [5, 5.41) is 0.184. The Labute approximate surface area is 151 Å². The minimum absolute atomic E-state index is 0.0467. The van der Waals surface area contributed by atoms with Crippen LogP contribution in [-0.4, -0.2) is 35.0 Å². The highest BCUT2D eigenvalue weighted by Crippen LogP contribution is 2.26. The van der Waals surface area contributed by atoms with Crippen molar-refractivity contribution in [2.45, 2.75) is 32.5 Å². The fourth-order valence-electron chi connectivity index (χ4n) is 2.97. The maximum absolute atomic E-state index is 14.1. The third kappa shape index (κ3) is 4.17. The van der Waals surface area contributed by atoms with Gasteiger partial charge < -0.3 is 9.64 Å². The van der Waals surface area contributed by atoms with Gasteiger partial charge in [-0.05, 0) is 43.0 Å². The van der Waals surface area contributed by atoms with E-state index in [2.05, 4.69) is 4.98 Å². The van der Waals surface area contributed by atoms with Crippen molar-refractivity contribution in [1.29, 1.82) is 0 Å². The molecule has 1 fully saturated rings. The molecule has 1 aromatic carbocycles. The van der Waals surface area contributed by atoms with Crippen molar-refractivity contribution in [2.75, 3.05) is 13.1 Å². The molecule has 1 unspecified atom stereocenters. The zero-order valence-corrected chi connectivity index (χ0v) is 14.8. The number of aryl methyl sites for hydroxylation is 1. The Morgan fingerprint density at radius 1 is 1.44 bits per heavy atom. The molecule has 2 aromatic rings. The first-order chi connectivity index (χ1) is 12.1. The molecule has 6 heteroatoms. The van der Waals surface area contributed by atoms with Gasteiger partial charge in [-0.15, -0.1) is 0 Å². The minimum Gasteiger partial charge on any atom is -0.372 e. The van der Waals surface area contributed by atoms with E-state index in [-0.39, 0.29) is 22.6 Å². The number of ether oxygens (including phenoxy) is 1. The summed E-state index contributed by atoms with van der Waals surface area (Å²) in [6.07, 6.45) is 5.07. The molecule has 0 aliphatic carbocycles. The number of likely N-dealkylation sites (tertiary alicyclic amines) is 1. The molecule has 4 nitrogen and oxygen atoms in total. The highest BCUT2D eigenvalue weighted by atomic mass is 35.5. The van der Waals surface area contributed by atoms with E-state index in [1.54, 1.807) is 30.3 Å². The maximum Gasteiger partial charge on any atom is 0.258 e. The minimum atomic E-state index is -0.584. The van der Waals surface area contributed by atoms with E-state index in [0.29, 0.717) is 25.3 Å². The lowest BCUT2D eigenvalue weighted by molar-refractivity contribution is -0.00693. The average molecular weight is 363 g/mol. The molecule has 132 valence electrons. The summed E-state index contributed by atoms with van der Waals surface area (Å²) in [6.45, 7) is 3.22. The summed E-state index contributed by atoms with van der Waals surface area (Å²) in [5.41, 5.74) is 1.63. The van der Waals surface area contributed by atoms with E-state index < -0.39 is 5.82 Å². The number of benzene rings is 1. The summed E-state index contributed by atoms with van der Waals surface area (Å²) in [5.74, 6) is -0.958. The SMILES string of the molecule is Cc1ccc(F)c(C(=O)N2CCCC(OCc3cccnc3)C2)c1Cl. The Kier molecular flexibility index (Phi) is 5.66. The highest BCUT2D eigenvalue weighted by molar-refractivity contribution is 6.34. The van der Waals surface area contributed by atoms with Gasteiger partial charge in [-0.1, -0.05) is 23.7 Å². The Hall–Kier alpha value is -1.98. The number of amides is 1. The van der Waals surface area contributed by atoms with Crippen LogP contribution in [0.1, 0.15) is 34.3 Å². The maximum atomic E-state index is 14.1. The van der Waals surface area contributed by atoms with Crippen molar-refractivity contribution in [2.24, 2.45) is 0 Å². The molecule has 1 atom stereocenters. The largest absolute Gasteiger partial charge is 0.372 e. The van der Waals surface area contributed by atoms with Crippen LogP contribution >= 0.6 is 11.6 Å². The third-order valence-electron chi connectivity index (χ3n) is 4.37. The Morgan fingerprint density at radius 3 is 3.04 bits per heavy atom. The molecule has 0 spiro atoms. The zero-order chi connectivity index (χ0) is 17.8. The molecular formula is C19H20ClFN2O2. The smallest absolute Gasteiger partial charge is 0.258 e. The van der Waals surface area contributed by atoms with Crippen molar-refractivity contribution in [3.8, 4) is 0 Å². The van der Waals surface area contributed by atoms with Crippen molar-refractivity contribution in [3.63, 3.8) is 0 Å². The van der Waals surface area contributed by atoms with E-state index in [1.165, 1.54) is 6.07 Å². The number of rotatable bonds is 4. The second-order valence-electron chi connectivity index (χ2n) is 6.24. The number of aromatic nitrogens is 1. The summed E-state index contributed by atoms with van der Waals surface area (Å²) in [6, 6.07) is 6.66. The van der Waals surface area contributed by atoms with Crippen molar-refractivity contribution < 1.29 is 13.9 Å². The van der Waals surface area contributed by atoms with Crippen molar-refractivity contribution >= 4 is 17.5 Å². The van der Waals surface area contributed by atoms with Gasteiger partial charge in [-0.3, -0.25) is 9.78 Å². The number of hydrogen-bond donors (Lipinski definition) is 0. The fourth-order valence-corrected chi connectivity index (χ4v) is 3.20. The molecule has 0 bridgehead atoms. The van der Waals surface area contributed by atoms with Crippen molar-refractivity contribution in [1.82, 2.24) is 9.88 Å². The Balaban J connectivity index is 1.67. The number of halogens is 2. The van der Waals surface area contributed by atoms with Crippen LogP contribution in [0.4, 0.5) is 4.39 Å². The van der Waals surface area contributed by atoms with Crippen LogP contribution in [0.15, 0.2) is 36.7 Å². The molecule has 2 heterocycles. The van der Waals surface area contributed by atoms with Gasteiger partial charge in [-0.25, -0.2) is 4.39 Å². The highest BCUT2D eigenvalue weighted by Gasteiger charge is 2.28. The molecule has 3 rings (SSSR count). The number of hydrogen-bond acceptors (Lipinski definition) is 3. The summed E-state index contributed by atoms with van der Waals surface area (Å²) in [7, 11) is 0. The van der Waals surface area contributed by atoms with Crippen LogP contribution in [0.2, 0.25) is 5.02 Å². The molecule has 0 saturated carbocycles. The van der Waals surface area contributed by atoms with E-state index in [9.17, 15) is 9.18 Å². The van der Waals surface area contributed by atoms with Crippen LogP contribution in [-0.2, 0) is 11.3 Å². The number of nitrogens with zero attached hydrogens (tertiary/aromatic N) is 2. The molecular weight excluding hydrogens is 343 g/mol. The van der Waals surface area contributed by atoms with E-state index >= 15 is 0 Å². The van der Waals surface area contributed by atoms with Gasteiger partial charge in [-0.2, -0.15) is 0 Å². The summed E-state index contributed by atoms with van der Waals surface area (Å²) >= 11 is 6.16. The molecule has 0 N–H and O–H groups in total. The van der Waals surface area contributed by atoms with Gasteiger partial charge in [0, 0.05) is 25.5 Å². The fraction of sp³-hybridized carbons (Fsp3) is 0.368. The first-order valence-electron chi connectivity index (χ1n) is 8.30. The molecule has 1 amide bonds. The second-order valence-corrected chi connectivity index (χ2v) is 6.62. The lowest BCUT2D eigenvalue weighted by Gasteiger charge is -2.33. The first kappa shape index (κ1) is 17.8. The van der Waals surface area contributed by atoms with Crippen LogP contribution in [0.25, 0.3) is 0 Å². The van der Waals surface area contributed by atoms with Gasteiger partial charge in [0.25, 0.3) is 5.91 Å². The number of carbonyl (C=O) groups excluding carboxylic acids is 1. The molecule has 25 heavy (non-hydrogen) atoms. The molecule has 1 aliphatic rings.